The molecule has 0 aliphatic carbocycles. The van der Waals surface area contributed by atoms with E-state index in [4.69, 9.17) is 0 Å². The number of amides is 1. The van der Waals surface area contributed by atoms with Crippen molar-refractivity contribution in [2.75, 3.05) is 13.1 Å². The van der Waals surface area contributed by atoms with E-state index in [1.165, 1.54) is 23.9 Å². The highest BCUT2D eigenvalue weighted by molar-refractivity contribution is 8.00. The van der Waals surface area contributed by atoms with Gasteiger partial charge in [-0.25, -0.2) is 4.39 Å². The van der Waals surface area contributed by atoms with Crippen LogP contribution in [0, 0.1) is 5.82 Å². The Bertz CT molecular complexity index is 738. The predicted molar refractivity (Wildman–Crippen MR) is 103 cm³/mol. The van der Waals surface area contributed by atoms with E-state index >= 15 is 0 Å². The molecule has 4 rings (SSSR count). The van der Waals surface area contributed by atoms with Crippen molar-refractivity contribution >= 4 is 17.7 Å². The lowest BCUT2D eigenvalue weighted by atomic mass is 10.1. The largest absolute Gasteiger partial charge is 0.334 e. The van der Waals surface area contributed by atoms with Crippen molar-refractivity contribution in [3.63, 3.8) is 0 Å². The molecule has 2 saturated heterocycles. The van der Waals surface area contributed by atoms with E-state index in [0.717, 1.165) is 42.8 Å². The third kappa shape index (κ3) is 3.64. The van der Waals surface area contributed by atoms with E-state index in [9.17, 15) is 9.18 Å². The standard InChI is InChI=1S/C21H23FN2OS/c22-16-6-10-19(11-7-16)26-20(15-4-2-1-3-5-15)21(25)24-17-8-9-18(24)14-23-13-12-17/h1-7,10-11,17-18,20,23H,8-9,12-14H2. The number of carbonyl (C=O) groups is 1. The molecule has 26 heavy (non-hydrogen) atoms. The van der Waals surface area contributed by atoms with Crippen LogP contribution in [0.25, 0.3) is 0 Å². The molecule has 5 heteroatoms. The Morgan fingerprint density at radius 3 is 2.54 bits per heavy atom. The molecule has 2 heterocycles. The van der Waals surface area contributed by atoms with Gasteiger partial charge in [0, 0.05) is 23.5 Å². The molecule has 2 aliphatic heterocycles. The van der Waals surface area contributed by atoms with Crippen molar-refractivity contribution in [3.05, 3.63) is 66.0 Å². The number of hydrogen-bond acceptors (Lipinski definition) is 3. The van der Waals surface area contributed by atoms with Crippen LogP contribution in [0.2, 0.25) is 0 Å². The Morgan fingerprint density at radius 1 is 1.04 bits per heavy atom. The van der Waals surface area contributed by atoms with Gasteiger partial charge in [0.2, 0.25) is 5.91 Å². The molecule has 2 aromatic rings. The maximum Gasteiger partial charge on any atom is 0.241 e. The summed E-state index contributed by atoms with van der Waals surface area (Å²) in [4.78, 5) is 16.6. The van der Waals surface area contributed by atoms with Crippen molar-refractivity contribution in [3.8, 4) is 0 Å². The molecule has 0 aromatic heterocycles. The van der Waals surface area contributed by atoms with Gasteiger partial charge in [0.25, 0.3) is 0 Å². The van der Waals surface area contributed by atoms with Crippen LogP contribution in [-0.2, 0) is 4.79 Å². The normalized spacial score (nSPS) is 23.5. The number of nitrogens with one attached hydrogen (secondary N) is 1. The number of fused-ring (bicyclic) bond motifs is 2. The Morgan fingerprint density at radius 2 is 1.77 bits per heavy atom. The summed E-state index contributed by atoms with van der Waals surface area (Å²) in [7, 11) is 0. The maximum absolute atomic E-state index is 13.6. The summed E-state index contributed by atoms with van der Waals surface area (Å²) < 4.78 is 13.3. The van der Waals surface area contributed by atoms with Gasteiger partial charge in [0.15, 0.2) is 0 Å². The molecule has 1 N–H and O–H groups in total. The van der Waals surface area contributed by atoms with Crippen LogP contribution in [0.5, 0.6) is 0 Å². The second-order valence-electron chi connectivity index (χ2n) is 6.99. The molecule has 2 aliphatic rings. The minimum absolute atomic E-state index is 0.182. The molecule has 2 fully saturated rings. The summed E-state index contributed by atoms with van der Waals surface area (Å²) in [5.41, 5.74) is 1.00. The first-order valence-electron chi connectivity index (χ1n) is 9.22. The topological polar surface area (TPSA) is 32.3 Å². The van der Waals surface area contributed by atoms with E-state index < -0.39 is 0 Å². The van der Waals surface area contributed by atoms with Crippen LogP contribution in [-0.4, -0.2) is 36.0 Å². The summed E-state index contributed by atoms with van der Waals surface area (Å²) in [6.07, 6.45) is 3.19. The number of thioether (sulfide) groups is 1. The van der Waals surface area contributed by atoms with Crippen LogP contribution >= 0.6 is 11.8 Å². The minimum Gasteiger partial charge on any atom is -0.334 e. The number of hydrogen-bond donors (Lipinski definition) is 1. The van der Waals surface area contributed by atoms with Gasteiger partial charge in [-0.3, -0.25) is 4.79 Å². The highest BCUT2D eigenvalue weighted by Gasteiger charge is 2.41. The Labute approximate surface area is 158 Å². The van der Waals surface area contributed by atoms with Crippen LogP contribution in [0.1, 0.15) is 30.1 Å². The molecule has 3 nitrogen and oxygen atoms in total. The van der Waals surface area contributed by atoms with E-state index in [1.807, 2.05) is 30.3 Å². The van der Waals surface area contributed by atoms with Crippen LogP contribution in [0.15, 0.2) is 59.5 Å². The van der Waals surface area contributed by atoms with E-state index in [2.05, 4.69) is 10.2 Å². The minimum atomic E-state index is -0.303. The lowest BCUT2D eigenvalue weighted by Crippen LogP contribution is -2.44. The zero-order chi connectivity index (χ0) is 17.9. The fraction of sp³-hybridized carbons (Fsp3) is 0.381. The molecular weight excluding hydrogens is 347 g/mol. The molecule has 3 atom stereocenters. The predicted octanol–water partition coefficient (Wildman–Crippen LogP) is 4.01. The molecule has 2 aromatic carbocycles. The van der Waals surface area contributed by atoms with Gasteiger partial charge >= 0.3 is 0 Å². The zero-order valence-corrected chi connectivity index (χ0v) is 15.4. The monoisotopic (exact) mass is 370 g/mol. The van der Waals surface area contributed by atoms with Crippen LogP contribution in [0.4, 0.5) is 4.39 Å². The third-order valence-corrected chi connectivity index (χ3v) is 6.56. The van der Waals surface area contributed by atoms with Crippen molar-refractivity contribution in [2.45, 2.75) is 41.5 Å². The summed E-state index contributed by atoms with van der Waals surface area (Å²) in [5, 5.41) is 3.15. The molecule has 0 spiro atoms. The van der Waals surface area contributed by atoms with Gasteiger partial charge < -0.3 is 10.2 Å². The third-order valence-electron chi connectivity index (χ3n) is 5.30. The number of rotatable bonds is 4. The van der Waals surface area contributed by atoms with Gasteiger partial charge in [-0.1, -0.05) is 30.3 Å². The van der Waals surface area contributed by atoms with E-state index in [1.54, 1.807) is 12.1 Å². The summed E-state index contributed by atoms with van der Waals surface area (Å²) in [5.74, 6) is -0.0738. The van der Waals surface area contributed by atoms with Gasteiger partial charge in [-0.2, -0.15) is 0 Å². The molecule has 0 saturated carbocycles. The zero-order valence-electron chi connectivity index (χ0n) is 14.6. The second-order valence-corrected chi connectivity index (χ2v) is 8.16. The fourth-order valence-corrected chi connectivity index (χ4v) is 5.10. The lowest BCUT2D eigenvalue weighted by molar-refractivity contribution is -0.133. The highest BCUT2D eigenvalue weighted by Crippen LogP contribution is 2.40. The SMILES string of the molecule is O=C(C(Sc1ccc(F)cc1)c1ccccc1)N1C2CCNCC1CC2. The molecule has 136 valence electrons. The lowest BCUT2D eigenvalue weighted by Gasteiger charge is -2.31. The first kappa shape index (κ1) is 17.6. The number of carbonyl (C=O) groups excluding carboxylic acids is 1. The van der Waals surface area contributed by atoms with E-state index in [0.29, 0.717) is 6.04 Å². The van der Waals surface area contributed by atoms with Crippen LogP contribution < -0.4 is 5.32 Å². The van der Waals surface area contributed by atoms with Crippen molar-refractivity contribution in [1.82, 2.24) is 10.2 Å². The van der Waals surface area contributed by atoms with Gasteiger partial charge in [0.05, 0.1) is 0 Å². The summed E-state index contributed by atoms with van der Waals surface area (Å²) in [6, 6.07) is 17.0. The number of halogens is 1. The number of nitrogens with zero attached hydrogens (tertiary/aromatic N) is 1. The maximum atomic E-state index is 13.6. The summed E-state index contributed by atoms with van der Waals surface area (Å²) >= 11 is 1.51. The van der Waals surface area contributed by atoms with Crippen molar-refractivity contribution < 1.29 is 9.18 Å². The first-order chi connectivity index (χ1) is 12.7. The van der Waals surface area contributed by atoms with Crippen LogP contribution in [0.3, 0.4) is 0 Å². The van der Waals surface area contributed by atoms with Gasteiger partial charge in [-0.15, -0.1) is 11.8 Å². The molecule has 2 bridgehead atoms. The molecule has 0 radical (unpaired) electrons. The average molecular weight is 370 g/mol. The molecular formula is C21H23FN2OS. The quantitative estimate of drug-likeness (QED) is 0.826. The van der Waals surface area contributed by atoms with E-state index in [-0.39, 0.29) is 23.0 Å². The molecule has 1 amide bonds. The van der Waals surface area contributed by atoms with Crippen molar-refractivity contribution in [2.24, 2.45) is 0 Å². The number of benzene rings is 2. The Hall–Kier alpha value is -1.85. The highest BCUT2D eigenvalue weighted by atomic mass is 32.2. The smallest absolute Gasteiger partial charge is 0.241 e. The van der Waals surface area contributed by atoms with Gasteiger partial charge in [0.1, 0.15) is 11.1 Å². The molecule has 3 unspecified atom stereocenters. The van der Waals surface area contributed by atoms with Crippen molar-refractivity contribution in [1.29, 1.82) is 0 Å². The Balaban J connectivity index is 1.64. The fourth-order valence-electron chi connectivity index (χ4n) is 4.02. The second kappa shape index (κ2) is 7.80. The first-order valence-corrected chi connectivity index (χ1v) is 10.1. The average Bonchev–Trinajstić information content (AvgIpc) is 2.94. The Kier molecular flexibility index (Phi) is 5.27. The summed E-state index contributed by atoms with van der Waals surface area (Å²) in [6.45, 7) is 1.86. The van der Waals surface area contributed by atoms with Gasteiger partial charge in [-0.05, 0) is 55.6 Å².